The predicted octanol–water partition coefficient (Wildman–Crippen LogP) is 3.70. The number of H-pyrrole nitrogens is 1. The Morgan fingerprint density at radius 1 is 1.05 bits per heavy atom. The summed E-state index contributed by atoms with van der Waals surface area (Å²) in [5.41, 5.74) is 4.76. The molecule has 0 atom stereocenters. The van der Waals surface area contributed by atoms with Crippen molar-refractivity contribution in [2.24, 2.45) is 0 Å². The first kappa shape index (κ1) is 11.2. The van der Waals surface area contributed by atoms with Crippen molar-refractivity contribution in [2.75, 3.05) is 0 Å². The molecule has 0 aliphatic heterocycles. The number of benzene rings is 2. The third-order valence-corrected chi connectivity index (χ3v) is 3.64. The summed E-state index contributed by atoms with van der Waals surface area (Å²) >= 11 is 0. The maximum Gasteiger partial charge on any atom is 0.116 e. The first-order valence-corrected chi connectivity index (χ1v) is 6.64. The van der Waals surface area contributed by atoms with Gasteiger partial charge in [-0.25, -0.2) is 9.97 Å². The molecule has 0 amide bonds. The lowest BCUT2D eigenvalue weighted by Gasteiger charge is -2.02. The SMILES string of the molecule is c1ccc2c(Cc3ccc4cncnc4c3)c[nH]c2c1. The highest BCUT2D eigenvalue weighted by Gasteiger charge is 2.05. The molecule has 3 heteroatoms. The van der Waals surface area contributed by atoms with Crippen LogP contribution in [0.15, 0.2) is 61.2 Å². The third kappa shape index (κ3) is 1.84. The van der Waals surface area contributed by atoms with Crippen molar-refractivity contribution in [3.63, 3.8) is 0 Å². The van der Waals surface area contributed by atoms with Crippen molar-refractivity contribution in [1.82, 2.24) is 15.0 Å². The van der Waals surface area contributed by atoms with E-state index >= 15 is 0 Å². The lowest BCUT2D eigenvalue weighted by Crippen LogP contribution is -1.88. The Balaban J connectivity index is 1.76. The van der Waals surface area contributed by atoms with Gasteiger partial charge in [-0.15, -0.1) is 0 Å². The Hall–Kier alpha value is -2.68. The van der Waals surface area contributed by atoms with Gasteiger partial charge in [-0.2, -0.15) is 0 Å². The summed E-state index contributed by atoms with van der Waals surface area (Å²) in [5.74, 6) is 0. The topological polar surface area (TPSA) is 41.6 Å². The molecule has 20 heavy (non-hydrogen) atoms. The van der Waals surface area contributed by atoms with Crippen LogP contribution in [0.5, 0.6) is 0 Å². The molecule has 0 radical (unpaired) electrons. The number of nitrogens with one attached hydrogen (secondary N) is 1. The molecule has 0 aliphatic carbocycles. The van der Waals surface area contributed by atoms with Crippen molar-refractivity contribution < 1.29 is 0 Å². The van der Waals surface area contributed by atoms with Gasteiger partial charge in [0.1, 0.15) is 6.33 Å². The van der Waals surface area contributed by atoms with Gasteiger partial charge >= 0.3 is 0 Å². The van der Waals surface area contributed by atoms with Crippen LogP contribution in [-0.2, 0) is 6.42 Å². The average molecular weight is 259 g/mol. The van der Waals surface area contributed by atoms with E-state index in [0.29, 0.717) is 0 Å². The highest BCUT2D eigenvalue weighted by atomic mass is 14.8. The highest BCUT2D eigenvalue weighted by Crippen LogP contribution is 2.22. The molecule has 4 rings (SSSR count). The van der Waals surface area contributed by atoms with E-state index in [0.717, 1.165) is 17.3 Å². The molecular formula is C17H13N3. The molecule has 0 saturated carbocycles. The Labute approximate surface area is 116 Å². The molecule has 0 unspecified atom stereocenters. The number of aromatic amines is 1. The molecule has 1 N–H and O–H groups in total. The van der Waals surface area contributed by atoms with E-state index in [9.17, 15) is 0 Å². The van der Waals surface area contributed by atoms with Gasteiger partial charge in [-0.1, -0.05) is 30.3 Å². The minimum absolute atomic E-state index is 0.907. The number of hydrogen-bond donors (Lipinski definition) is 1. The van der Waals surface area contributed by atoms with Gasteiger partial charge in [-0.05, 0) is 29.7 Å². The van der Waals surface area contributed by atoms with Crippen LogP contribution in [0.3, 0.4) is 0 Å². The van der Waals surface area contributed by atoms with Crippen molar-refractivity contribution in [1.29, 1.82) is 0 Å². The number of para-hydroxylation sites is 1. The molecule has 4 aromatic rings. The van der Waals surface area contributed by atoms with Crippen LogP contribution in [0, 0.1) is 0 Å². The monoisotopic (exact) mass is 259 g/mol. The summed E-state index contributed by atoms with van der Waals surface area (Å²) in [6.07, 6.45) is 6.44. The Morgan fingerprint density at radius 2 is 2.00 bits per heavy atom. The fourth-order valence-electron chi connectivity index (χ4n) is 2.63. The second-order valence-electron chi connectivity index (χ2n) is 4.95. The number of aromatic nitrogens is 3. The van der Waals surface area contributed by atoms with Gasteiger partial charge < -0.3 is 4.98 Å². The Kier molecular flexibility index (Phi) is 2.49. The minimum Gasteiger partial charge on any atom is -0.361 e. The average Bonchev–Trinajstić information content (AvgIpc) is 2.91. The summed E-state index contributed by atoms with van der Waals surface area (Å²) < 4.78 is 0. The number of nitrogens with zero attached hydrogens (tertiary/aromatic N) is 2. The van der Waals surface area contributed by atoms with Crippen LogP contribution in [0.1, 0.15) is 11.1 Å². The molecule has 0 fully saturated rings. The minimum atomic E-state index is 0.907. The fraction of sp³-hybridized carbons (Fsp3) is 0.0588. The Morgan fingerprint density at radius 3 is 3.00 bits per heavy atom. The zero-order valence-electron chi connectivity index (χ0n) is 10.9. The lowest BCUT2D eigenvalue weighted by molar-refractivity contribution is 1.19. The molecule has 0 aliphatic rings. The summed E-state index contributed by atoms with van der Waals surface area (Å²) in [6, 6.07) is 14.8. The van der Waals surface area contributed by atoms with E-state index in [1.54, 1.807) is 6.33 Å². The van der Waals surface area contributed by atoms with Gasteiger partial charge in [0.2, 0.25) is 0 Å². The molecule has 96 valence electrons. The van der Waals surface area contributed by atoms with Gasteiger partial charge in [0.25, 0.3) is 0 Å². The standard InChI is InChI=1S/C17H13N3/c1-2-4-16-15(3-1)14(10-19-16)7-12-5-6-13-9-18-11-20-17(13)8-12/h1-6,8-11,19H,7H2. The summed E-state index contributed by atoms with van der Waals surface area (Å²) in [7, 11) is 0. The second-order valence-corrected chi connectivity index (χ2v) is 4.95. The number of hydrogen-bond acceptors (Lipinski definition) is 2. The smallest absolute Gasteiger partial charge is 0.116 e. The Bertz CT molecular complexity index is 893. The van der Waals surface area contributed by atoms with E-state index in [4.69, 9.17) is 0 Å². The van der Waals surface area contributed by atoms with Gasteiger partial charge in [0.15, 0.2) is 0 Å². The summed E-state index contributed by atoms with van der Waals surface area (Å²) in [5, 5.41) is 2.37. The van der Waals surface area contributed by atoms with Crippen LogP contribution in [-0.4, -0.2) is 15.0 Å². The van der Waals surface area contributed by atoms with Crippen LogP contribution < -0.4 is 0 Å². The van der Waals surface area contributed by atoms with Crippen LogP contribution >= 0.6 is 0 Å². The normalized spacial score (nSPS) is 11.2. The quantitative estimate of drug-likeness (QED) is 0.596. The van der Waals surface area contributed by atoms with Crippen LogP contribution in [0.4, 0.5) is 0 Å². The zero-order valence-corrected chi connectivity index (χ0v) is 10.9. The van der Waals surface area contributed by atoms with E-state index in [-0.39, 0.29) is 0 Å². The first-order valence-electron chi connectivity index (χ1n) is 6.64. The lowest BCUT2D eigenvalue weighted by atomic mass is 10.0. The van der Waals surface area contributed by atoms with E-state index in [1.807, 2.05) is 6.20 Å². The fourth-order valence-corrected chi connectivity index (χ4v) is 2.63. The molecule has 3 nitrogen and oxygen atoms in total. The second kappa shape index (κ2) is 4.46. The van der Waals surface area contributed by atoms with Crippen LogP contribution in [0.2, 0.25) is 0 Å². The van der Waals surface area contributed by atoms with E-state index < -0.39 is 0 Å². The first-order chi connectivity index (χ1) is 9.90. The van der Waals surface area contributed by atoms with Crippen molar-refractivity contribution >= 4 is 21.8 Å². The molecule has 0 spiro atoms. The zero-order chi connectivity index (χ0) is 13.4. The summed E-state index contributed by atoms with van der Waals surface area (Å²) in [4.78, 5) is 11.7. The molecule has 0 bridgehead atoms. The molecule has 2 heterocycles. The maximum absolute atomic E-state index is 4.31. The molecule has 2 aromatic carbocycles. The van der Waals surface area contributed by atoms with Crippen molar-refractivity contribution in [3.05, 3.63) is 72.3 Å². The molecular weight excluding hydrogens is 246 g/mol. The molecule has 0 saturated heterocycles. The highest BCUT2D eigenvalue weighted by molar-refractivity contribution is 5.84. The molecule has 2 aromatic heterocycles. The van der Waals surface area contributed by atoms with Gasteiger partial charge in [-0.3, -0.25) is 0 Å². The maximum atomic E-state index is 4.31. The van der Waals surface area contributed by atoms with Crippen LogP contribution in [0.25, 0.3) is 21.8 Å². The number of fused-ring (bicyclic) bond motifs is 2. The number of rotatable bonds is 2. The van der Waals surface area contributed by atoms with Crippen molar-refractivity contribution in [3.8, 4) is 0 Å². The third-order valence-electron chi connectivity index (χ3n) is 3.64. The summed E-state index contributed by atoms with van der Waals surface area (Å²) in [6.45, 7) is 0. The largest absolute Gasteiger partial charge is 0.361 e. The van der Waals surface area contributed by atoms with Gasteiger partial charge in [0.05, 0.1) is 5.52 Å². The predicted molar refractivity (Wildman–Crippen MR) is 80.6 cm³/mol. The van der Waals surface area contributed by atoms with E-state index in [1.165, 1.54) is 22.0 Å². The van der Waals surface area contributed by atoms with Crippen molar-refractivity contribution in [2.45, 2.75) is 6.42 Å². The van der Waals surface area contributed by atoms with Gasteiger partial charge in [0, 0.05) is 28.7 Å². The van der Waals surface area contributed by atoms with E-state index in [2.05, 4.69) is 63.6 Å².